The first kappa shape index (κ1) is 13.0. The maximum absolute atomic E-state index is 12.9. The molecule has 2 N–H and O–H groups in total. The van der Waals surface area contributed by atoms with Gasteiger partial charge in [-0.05, 0) is 30.3 Å². The standard InChI is InChI=1S/C12H9ClF3NO/c13-7-1-3-9(10(5-7)12(14,15)16)11-4-2-8(6-17)18-11/h1-5H,6,17H2. The number of rotatable bonds is 2. The Kier molecular flexibility index (Phi) is 3.36. The number of hydrogen-bond donors (Lipinski definition) is 1. The lowest BCUT2D eigenvalue weighted by atomic mass is 10.1. The largest absolute Gasteiger partial charge is 0.460 e. The van der Waals surface area contributed by atoms with Gasteiger partial charge in [0.1, 0.15) is 11.5 Å². The van der Waals surface area contributed by atoms with E-state index in [1.54, 1.807) is 6.07 Å². The maximum Gasteiger partial charge on any atom is 0.417 e. The van der Waals surface area contributed by atoms with Gasteiger partial charge in [0.05, 0.1) is 12.1 Å². The van der Waals surface area contributed by atoms with Crippen LogP contribution in [0.3, 0.4) is 0 Å². The Balaban J connectivity index is 2.56. The second kappa shape index (κ2) is 4.66. The van der Waals surface area contributed by atoms with E-state index in [-0.39, 0.29) is 22.9 Å². The van der Waals surface area contributed by atoms with Crippen molar-refractivity contribution in [3.05, 3.63) is 46.7 Å². The molecule has 0 aliphatic rings. The molecule has 0 fully saturated rings. The lowest BCUT2D eigenvalue weighted by Gasteiger charge is -2.11. The predicted octanol–water partition coefficient (Wildman–Crippen LogP) is 4.08. The number of alkyl halides is 3. The Hall–Kier alpha value is -1.46. The smallest absolute Gasteiger partial charge is 0.417 e. The average Bonchev–Trinajstić information content (AvgIpc) is 2.76. The van der Waals surface area contributed by atoms with E-state index in [2.05, 4.69) is 0 Å². The highest BCUT2D eigenvalue weighted by atomic mass is 35.5. The highest BCUT2D eigenvalue weighted by molar-refractivity contribution is 6.30. The van der Waals surface area contributed by atoms with Crippen LogP contribution in [0.5, 0.6) is 0 Å². The van der Waals surface area contributed by atoms with Crippen LogP contribution in [0.1, 0.15) is 11.3 Å². The summed E-state index contributed by atoms with van der Waals surface area (Å²) in [7, 11) is 0. The third-order valence-electron chi connectivity index (χ3n) is 2.42. The minimum atomic E-state index is -4.49. The molecule has 0 unspecified atom stereocenters. The summed E-state index contributed by atoms with van der Waals surface area (Å²) in [6.07, 6.45) is -4.49. The zero-order valence-corrected chi connectivity index (χ0v) is 9.85. The Bertz CT molecular complexity index is 563. The summed E-state index contributed by atoms with van der Waals surface area (Å²) < 4.78 is 43.9. The first-order valence-corrected chi connectivity index (χ1v) is 5.45. The lowest BCUT2D eigenvalue weighted by Crippen LogP contribution is -2.06. The van der Waals surface area contributed by atoms with E-state index in [0.717, 1.165) is 6.07 Å². The van der Waals surface area contributed by atoms with Crippen molar-refractivity contribution in [3.63, 3.8) is 0 Å². The number of halogens is 4. The van der Waals surface area contributed by atoms with Crippen LogP contribution in [0.2, 0.25) is 5.02 Å². The van der Waals surface area contributed by atoms with Gasteiger partial charge in [-0.25, -0.2) is 0 Å². The van der Waals surface area contributed by atoms with Gasteiger partial charge < -0.3 is 10.2 Å². The highest BCUT2D eigenvalue weighted by Gasteiger charge is 2.34. The molecule has 0 atom stereocenters. The first-order valence-electron chi connectivity index (χ1n) is 5.07. The van der Waals surface area contributed by atoms with Crippen molar-refractivity contribution in [1.29, 1.82) is 0 Å². The molecule has 6 heteroatoms. The van der Waals surface area contributed by atoms with Crippen LogP contribution in [-0.4, -0.2) is 0 Å². The topological polar surface area (TPSA) is 39.2 Å². The van der Waals surface area contributed by atoms with Crippen LogP contribution < -0.4 is 5.73 Å². The van der Waals surface area contributed by atoms with Crippen molar-refractivity contribution in [2.45, 2.75) is 12.7 Å². The van der Waals surface area contributed by atoms with Crippen molar-refractivity contribution in [3.8, 4) is 11.3 Å². The number of hydrogen-bond acceptors (Lipinski definition) is 2. The fourth-order valence-electron chi connectivity index (χ4n) is 1.60. The Labute approximate surface area is 106 Å². The van der Waals surface area contributed by atoms with Gasteiger partial charge in [0.2, 0.25) is 0 Å². The van der Waals surface area contributed by atoms with Crippen molar-refractivity contribution in [1.82, 2.24) is 0 Å². The molecule has 1 aromatic heterocycles. The molecular formula is C12H9ClF3NO. The van der Waals surface area contributed by atoms with Crippen LogP contribution in [0.4, 0.5) is 13.2 Å². The Morgan fingerprint density at radius 1 is 1.17 bits per heavy atom. The summed E-state index contributed by atoms with van der Waals surface area (Å²) in [6.45, 7) is 0.134. The van der Waals surface area contributed by atoms with E-state index in [4.69, 9.17) is 21.8 Å². The van der Waals surface area contributed by atoms with Crippen LogP contribution in [0, 0.1) is 0 Å². The molecule has 0 saturated carbocycles. The molecule has 1 heterocycles. The van der Waals surface area contributed by atoms with Gasteiger partial charge in [-0.15, -0.1) is 0 Å². The Morgan fingerprint density at radius 3 is 2.44 bits per heavy atom. The fourth-order valence-corrected chi connectivity index (χ4v) is 1.77. The molecule has 96 valence electrons. The molecule has 1 aromatic carbocycles. The van der Waals surface area contributed by atoms with Gasteiger partial charge in [0, 0.05) is 10.6 Å². The SMILES string of the molecule is NCc1ccc(-c2ccc(Cl)cc2C(F)(F)F)o1. The molecule has 2 rings (SSSR count). The molecule has 0 aliphatic heterocycles. The Morgan fingerprint density at radius 2 is 1.89 bits per heavy atom. The van der Waals surface area contributed by atoms with E-state index >= 15 is 0 Å². The monoisotopic (exact) mass is 275 g/mol. The molecule has 0 saturated heterocycles. The lowest BCUT2D eigenvalue weighted by molar-refractivity contribution is -0.137. The second-order valence-electron chi connectivity index (χ2n) is 3.66. The van der Waals surface area contributed by atoms with E-state index in [0.29, 0.717) is 5.76 Å². The first-order chi connectivity index (χ1) is 8.41. The highest BCUT2D eigenvalue weighted by Crippen LogP contribution is 2.38. The van der Waals surface area contributed by atoms with Crippen molar-refractivity contribution < 1.29 is 17.6 Å². The van der Waals surface area contributed by atoms with E-state index in [1.165, 1.54) is 18.2 Å². The maximum atomic E-state index is 12.9. The predicted molar refractivity (Wildman–Crippen MR) is 62.0 cm³/mol. The summed E-state index contributed by atoms with van der Waals surface area (Å²) >= 11 is 5.59. The van der Waals surface area contributed by atoms with Gasteiger partial charge in [0.25, 0.3) is 0 Å². The fraction of sp³-hybridized carbons (Fsp3) is 0.167. The molecular weight excluding hydrogens is 267 g/mol. The molecule has 0 spiro atoms. The summed E-state index contributed by atoms with van der Waals surface area (Å²) in [5.41, 5.74) is 4.48. The molecule has 18 heavy (non-hydrogen) atoms. The van der Waals surface area contributed by atoms with Crippen LogP contribution in [0.15, 0.2) is 34.7 Å². The normalized spacial score (nSPS) is 11.8. The van der Waals surface area contributed by atoms with Gasteiger partial charge in [-0.1, -0.05) is 11.6 Å². The summed E-state index contributed by atoms with van der Waals surface area (Å²) in [4.78, 5) is 0. The zero-order valence-electron chi connectivity index (χ0n) is 9.09. The average molecular weight is 276 g/mol. The summed E-state index contributed by atoms with van der Waals surface area (Å²) in [5.74, 6) is 0.549. The number of nitrogens with two attached hydrogens (primary N) is 1. The third kappa shape index (κ3) is 2.52. The van der Waals surface area contributed by atoms with Crippen molar-refractivity contribution >= 4 is 11.6 Å². The quantitative estimate of drug-likeness (QED) is 0.897. The third-order valence-corrected chi connectivity index (χ3v) is 2.65. The number of benzene rings is 1. The van der Waals surface area contributed by atoms with Crippen LogP contribution in [-0.2, 0) is 12.7 Å². The number of furan rings is 1. The van der Waals surface area contributed by atoms with Crippen LogP contribution >= 0.6 is 11.6 Å². The van der Waals surface area contributed by atoms with Crippen LogP contribution in [0.25, 0.3) is 11.3 Å². The summed E-state index contributed by atoms with van der Waals surface area (Å²) in [6, 6.07) is 6.55. The minimum Gasteiger partial charge on any atom is -0.460 e. The van der Waals surface area contributed by atoms with E-state index < -0.39 is 11.7 Å². The van der Waals surface area contributed by atoms with E-state index in [1.807, 2.05) is 0 Å². The van der Waals surface area contributed by atoms with Gasteiger partial charge in [0.15, 0.2) is 0 Å². The van der Waals surface area contributed by atoms with Crippen molar-refractivity contribution in [2.24, 2.45) is 5.73 Å². The molecule has 0 bridgehead atoms. The second-order valence-corrected chi connectivity index (χ2v) is 4.09. The molecule has 0 radical (unpaired) electrons. The van der Waals surface area contributed by atoms with Gasteiger partial charge in [-0.3, -0.25) is 0 Å². The molecule has 2 aromatic rings. The molecule has 2 nitrogen and oxygen atoms in total. The van der Waals surface area contributed by atoms with Crippen molar-refractivity contribution in [2.75, 3.05) is 0 Å². The molecule has 0 amide bonds. The zero-order chi connectivity index (χ0) is 13.3. The minimum absolute atomic E-state index is 0.0247. The molecule has 0 aliphatic carbocycles. The summed E-state index contributed by atoms with van der Waals surface area (Å²) in [5, 5.41) is 0.0247. The van der Waals surface area contributed by atoms with E-state index in [9.17, 15) is 13.2 Å². The van der Waals surface area contributed by atoms with Gasteiger partial charge in [-0.2, -0.15) is 13.2 Å². The van der Waals surface area contributed by atoms with Gasteiger partial charge >= 0.3 is 6.18 Å².